The van der Waals surface area contributed by atoms with Crippen LogP contribution >= 0.6 is 11.8 Å². The van der Waals surface area contributed by atoms with E-state index in [0.29, 0.717) is 18.8 Å². The van der Waals surface area contributed by atoms with Crippen LogP contribution < -0.4 is 5.32 Å². The topological polar surface area (TPSA) is 90.2 Å². The molecule has 0 aliphatic heterocycles. The van der Waals surface area contributed by atoms with Crippen molar-refractivity contribution < 1.29 is 14.7 Å². The van der Waals surface area contributed by atoms with Crippen molar-refractivity contribution in [2.75, 3.05) is 11.5 Å². The van der Waals surface area contributed by atoms with Crippen LogP contribution in [0.3, 0.4) is 0 Å². The van der Waals surface area contributed by atoms with Gasteiger partial charge in [-0.25, -0.2) is 4.79 Å². The predicted octanol–water partition coefficient (Wildman–Crippen LogP) is 1.78. The summed E-state index contributed by atoms with van der Waals surface area (Å²) in [5.41, 5.74) is -1.10. The molecule has 5 nitrogen and oxygen atoms in total. The number of carboxylic acids is 1. The molecule has 0 aromatic carbocycles. The van der Waals surface area contributed by atoms with Crippen LogP contribution in [0.4, 0.5) is 0 Å². The van der Waals surface area contributed by atoms with E-state index in [4.69, 9.17) is 5.26 Å². The first-order chi connectivity index (χ1) is 9.04. The molecule has 0 unspecified atom stereocenters. The van der Waals surface area contributed by atoms with Crippen molar-refractivity contribution in [2.24, 2.45) is 5.92 Å². The fourth-order valence-corrected chi connectivity index (χ4v) is 2.91. The molecule has 19 heavy (non-hydrogen) atoms. The van der Waals surface area contributed by atoms with Crippen LogP contribution in [0.15, 0.2) is 0 Å². The van der Waals surface area contributed by atoms with Crippen LogP contribution in [-0.2, 0) is 9.59 Å². The second-order valence-electron chi connectivity index (χ2n) is 4.94. The Kier molecular flexibility index (Phi) is 6.16. The van der Waals surface area contributed by atoms with Gasteiger partial charge < -0.3 is 10.4 Å². The fraction of sp³-hybridized carbons (Fsp3) is 0.769. The number of hydrogen-bond donors (Lipinski definition) is 2. The van der Waals surface area contributed by atoms with Gasteiger partial charge in [0.25, 0.3) is 0 Å². The number of nitriles is 1. The van der Waals surface area contributed by atoms with E-state index >= 15 is 0 Å². The molecule has 1 saturated carbocycles. The lowest BCUT2D eigenvalue weighted by molar-refractivity contribution is -0.149. The lowest BCUT2D eigenvalue weighted by atomic mass is 9.75. The Hall–Kier alpha value is -1.22. The molecule has 0 aromatic heterocycles. The minimum atomic E-state index is -1.10. The highest BCUT2D eigenvalue weighted by molar-refractivity contribution is 8.00. The largest absolute Gasteiger partial charge is 0.480 e. The number of carbonyl (C=O) groups excluding carboxylic acids is 1. The van der Waals surface area contributed by atoms with E-state index < -0.39 is 11.5 Å². The molecule has 0 aromatic rings. The lowest BCUT2D eigenvalue weighted by Crippen LogP contribution is -2.56. The van der Waals surface area contributed by atoms with E-state index in [1.807, 2.05) is 6.07 Å². The Bertz CT molecular complexity index is 371. The molecule has 6 heteroatoms. The summed E-state index contributed by atoms with van der Waals surface area (Å²) in [4.78, 5) is 23.2. The number of carbonyl (C=O) groups is 2. The molecule has 2 N–H and O–H groups in total. The van der Waals surface area contributed by atoms with Crippen molar-refractivity contribution in [3.8, 4) is 6.07 Å². The van der Waals surface area contributed by atoms with Crippen LogP contribution in [0.5, 0.6) is 0 Å². The summed E-state index contributed by atoms with van der Waals surface area (Å²) in [6.45, 7) is 2.11. The van der Waals surface area contributed by atoms with Crippen LogP contribution in [0.2, 0.25) is 0 Å². The van der Waals surface area contributed by atoms with Gasteiger partial charge in [-0.15, -0.1) is 11.8 Å². The minimum Gasteiger partial charge on any atom is -0.480 e. The van der Waals surface area contributed by atoms with Gasteiger partial charge in [0.15, 0.2) is 0 Å². The maximum absolute atomic E-state index is 11.7. The molecule has 0 heterocycles. The van der Waals surface area contributed by atoms with Crippen molar-refractivity contribution in [1.82, 2.24) is 5.32 Å². The number of nitrogens with zero attached hydrogens (tertiary/aromatic N) is 1. The smallest absolute Gasteiger partial charge is 0.329 e. The maximum atomic E-state index is 11.7. The summed E-state index contributed by atoms with van der Waals surface area (Å²) < 4.78 is 0. The number of aliphatic carboxylic acids is 1. The summed E-state index contributed by atoms with van der Waals surface area (Å²) in [5.74, 6) is -0.291. The third-order valence-corrected chi connectivity index (χ3v) is 4.52. The zero-order valence-electron chi connectivity index (χ0n) is 11.1. The van der Waals surface area contributed by atoms with Gasteiger partial charge in [-0.05, 0) is 31.6 Å². The van der Waals surface area contributed by atoms with Gasteiger partial charge in [-0.2, -0.15) is 5.26 Å². The molecule has 0 spiro atoms. The second-order valence-corrected chi connectivity index (χ2v) is 5.92. The number of nitrogens with one attached hydrogen (secondary N) is 1. The summed E-state index contributed by atoms with van der Waals surface area (Å²) in [6.07, 6.45) is 3.73. The van der Waals surface area contributed by atoms with Crippen molar-refractivity contribution in [2.45, 2.75) is 44.6 Å². The van der Waals surface area contributed by atoms with E-state index in [-0.39, 0.29) is 17.4 Å². The molecular formula is C13H20N2O3S. The van der Waals surface area contributed by atoms with Crippen molar-refractivity contribution in [3.05, 3.63) is 0 Å². The van der Waals surface area contributed by atoms with Gasteiger partial charge in [0, 0.05) is 0 Å². The molecule has 1 rings (SSSR count). The van der Waals surface area contributed by atoms with Crippen molar-refractivity contribution >= 4 is 23.6 Å². The summed E-state index contributed by atoms with van der Waals surface area (Å²) in [5, 5.41) is 20.5. The average molecular weight is 284 g/mol. The minimum absolute atomic E-state index is 0.139. The van der Waals surface area contributed by atoms with Crippen LogP contribution in [0.1, 0.15) is 39.0 Å². The first-order valence-electron chi connectivity index (χ1n) is 6.53. The van der Waals surface area contributed by atoms with Crippen LogP contribution in [0, 0.1) is 17.2 Å². The van der Waals surface area contributed by atoms with Gasteiger partial charge >= 0.3 is 5.97 Å². The molecule has 1 aliphatic rings. The Labute approximate surface area is 117 Å². The zero-order valence-corrected chi connectivity index (χ0v) is 12.0. The molecule has 0 atom stereocenters. The van der Waals surface area contributed by atoms with E-state index in [1.165, 1.54) is 11.8 Å². The predicted molar refractivity (Wildman–Crippen MR) is 73.7 cm³/mol. The van der Waals surface area contributed by atoms with E-state index in [0.717, 1.165) is 19.3 Å². The van der Waals surface area contributed by atoms with Gasteiger partial charge in [0.1, 0.15) is 5.54 Å². The van der Waals surface area contributed by atoms with E-state index in [1.54, 1.807) is 0 Å². The number of hydrogen-bond acceptors (Lipinski definition) is 4. The number of rotatable bonds is 6. The molecule has 1 fully saturated rings. The Morgan fingerprint density at radius 3 is 2.58 bits per heavy atom. The lowest BCUT2D eigenvalue weighted by Gasteiger charge is -2.37. The van der Waals surface area contributed by atoms with Crippen molar-refractivity contribution in [1.29, 1.82) is 5.26 Å². The average Bonchev–Trinajstić information content (AvgIpc) is 2.39. The first-order valence-corrected chi connectivity index (χ1v) is 7.68. The van der Waals surface area contributed by atoms with E-state index in [2.05, 4.69) is 12.2 Å². The van der Waals surface area contributed by atoms with Crippen molar-refractivity contribution in [3.63, 3.8) is 0 Å². The summed E-state index contributed by atoms with van der Waals surface area (Å²) >= 11 is 1.20. The number of amides is 1. The highest BCUT2D eigenvalue weighted by Gasteiger charge is 2.42. The third kappa shape index (κ3) is 4.43. The Morgan fingerprint density at radius 1 is 1.47 bits per heavy atom. The van der Waals surface area contributed by atoms with Gasteiger partial charge in [0.05, 0.1) is 17.6 Å². The van der Waals surface area contributed by atoms with E-state index in [9.17, 15) is 14.7 Å². The molecule has 1 aliphatic carbocycles. The summed E-state index contributed by atoms with van der Waals surface area (Å²) in [7, 11) is 0. The first kappa shape index (κ1) is 15.8. The summed E-state index contributed by atoms with van der Waals surface area (Å²) in [6, 6.07) is 1.94. The third-order valence-electron chi connectivity index (χ3n) is 3.72. The highest BCUT2D eigenvalue weighted by Crippen LogP contribution is 2.34. The van der Waals surface area contributed by atoms with Crippen LogP contribution in [-0.4, -0.2) is 34.0 Å². The molecule has 0 saturated heterocycles. The SMILES string of the molecule is CCC1CCC(NC(=O)CSCC#N)(C(=O)O)CC1. The monoisotopic (exact) mass is 284 g/mol. The van der Waals surface area contributed by atoms with Crippen LogP contribution in [0.25, 0.3) is 0 Å². The fourth-order valence-electron chi connectivity index (χ4n) is 2.46. The molecule has 1 amide bonds. The molecule has 0 bridgehead atoms. The maximum Gasteiger partial charge on any atom is 0.329 e. The second kappa shape index (κ2) is 7.39. The number of thioether (sulfide) groups is 1. The normalized spacial score (nSPS) is 26.4. The highest BCUT2D eigenvalue weighted by atomic mass is 32.2. The standard InChI is InChI=1S/C13H20N2O3S/c1-2-10-3-5-13(6-4-10,12(17)18)15-11(16)9-19-8-7-14/h10H,2-6,8-9H2,1H3,(H,15,16)(H,17,18). The number of carboxylic acid groups (broad SMARTS) is 1. The van der Waals surface area contributed by atoms with Gasteiger partial charge in [-0.1, -0.05) is 13.3 Å². The zero-order chi connectivity index (χ0) is 14.3. The quantitative estimate of drug-likeness (QED) is 0.726. The van der Waals surface area contributed by atoms with Gasteiger partial charge in [0.2, 0.25) is 5.91 Å². The molecular weight excluding hydrogens is 264 g/mol. The Morgan fingerprint density at radius 2 is 2.11 bits per heavy atom. The molecule has 0 radical (unpaired) electrons. The molecule has 106 valence electrons. The Balaban J connectivity index is 2.56. The van der Waals surface area contributed by atoms with Gasteiger partial charge in [-0.3, -0.25) is 4.79 Å².